The van der Waals surface area contributed by atoms with Gasteiger partial charge in [0.1, 0.15) is 0 Å². The van der Waals surface area contributed by atoms with Crippen molar-refractivity contribution in [3.8, 4) is 0 Å². The van der Waals surface area contributed by atoms with Gasteiger partial charge < -0.3 is 10.6 Å². The van der Waals surface area contributed by atoms with Gasteiger partial charge in [0.2, 0.25) is 5.91 Å². The molecule has 0 aliphatic heterocycles. The van der Waals surface area contributed by atoms with Crippen molar-refractivity contribution in [3.05, 3.63) is 12.7 Å². The Kier molecular flexibility index (Phi) is 4.82. The third-order valence-corrected chi connectivity index (χ3v) is 2.78. The van der Waals surface area contributed by atoms with E-state index in [-0.39, 0.29) is 5.91 Å². The first-order valence-electron chi connectivity index (χ1n) is 5.80. The standard InChI is InChI=1S/C12H22N2O/c1-4-12(15)14-11-7-5-6-10(8-11)13-9(2)3/h4,9-11,13H,1,5-8H2,2-3H3,(H,14,15). The van der Waals surface area contributed by atoms with Crippen LogP contribution in [0.1, 0.15) is 39.5 Å². The van der Waals surface area contributed by atoms with E-state index in [9.17, 15) is 4.79 Å². The maximum Gasteiger partial charge on any atom is 0.243 e. The zero-order valence-corrected chi connectivity index (χ0v) is 9.75. The van der Waals surface area contributed by atoms with Crippen molar-refractivity contribution in [2.45, 2.75) is 57.7 Å². The first kappa shape index (κ1) is 12.2. The van der Waals surface area contributed by atoms with E-state index in [0.29, 0.717) is 18.1 Å². The molecule has 1 rings (SSSR count). The van der Waals surface area contributed by atoms with Crippen LogP contribution in [0, 0.1) is 0 Å². The molecule has 3 heteroatoms. The summed E-state index contributed by atoms with van der Waals surface area (Å²) < 4.78 is 0. The normalized spacial score (nSPS) is 26.3. The molecular weight excluding hydrogens is 188 g/mol. The highest BCUT2D eigenvalue weighted by Crippen LogP contribution is 2.18. The maximum atomic E-state index is 11.2. The summed E-state index contributed by atoms with van der Waals surface area (Å²) in [5.74, 6) is -0.0507. The number of hydrogen-bond donors (Lipinski definition) is 2. The van der Waals surface area contributed by atoms with E-state index in [4.69, 9.17) is 0 Å². The monoisotopic (exact) mass is 210 g/mol. The van der Waals surface area contributed by atoms with Crippen LogP contribution in [0.3, 0.4) is 0 Å². The molecular formula is C12H22N2O. The number of nitrogens with one attached hydrogen (secondary N) is 2. The maximum absolute atomic E-state index is 11.2. The summed E-state index contributed by atoms with van der Waals surface area (Å²) in [4.78, 5) is 11.2. The average Bonchev–Trinajstić information content (AvgIpc) is 2.17. The zero-order chi connectivity index (χ0) is 11.3. The number of carbonyl (C=O) groups excluding carboxylic acids is 1. The zero-order valence-electron chi connectivity index (χ0n) is 9.75. The Morgan fingerprint density at radius 2 is 2.07 bits per heavy atom. The average molecular weight is 210 g/mol. The fourth-order valence-electron chi connectivity index (χ4n) is 2.20. The molecule has 1 amide bonds. The summed E-state index contributed by atoms with van der Waals surface area (Å²) in [6, 6.07) is 1.39. The predicted octanol–water partition coefficient (Wildman–Crippen LogP) is 1.60. The molecule has 0 spiro atoms. The quantitative estimate of drug-likeness (QED) is 0.692. The van der Waals surface area contributed by atoms with Crippen molar-refractivity contribution in [1.82, 2.24) is 10.6 Å². The lowest BCUT2D eigenvalue weighted by atomic mass is 9.90. The van der Waals surface area contributed by atoms with Crippen LogP contribution in [0.5, 0.6) is 0 Å². The van der Waals surface area contributed by atoms with E-state index in [1.165, 1.54) is 18.9 Å². The van der Waals surface area contributed by atoms with Crippen molar-refractivity contribution >= 4 is 5.91 Å². The number of amides is 1. The molecule has 3 nitrogen and oxygen atoms in total. The number of hydrogen-bond acceptors (Lipinski definition) is 2. The van der Waals surface area contributed by atoms with Crippen LogP contribution in [0.2, 0.25) is 0 Å². The van der Waals surface area contributed by atoms with Crippen molar-refractivity contribution in [2.24, 2.45) is 0 Å². The lowest BCUT2D eigenvalue weighted by molar-refractivity contribution is -0.117. The molecule has 0 radical (unpaired) electrons. The Hall–Kier alpha value is -0.830. The molecule has 0 aromatic carbocycles. The highest BCUT2D eigenvalue weighted by atomic mass is 16.1. The van der Waals surface area contributed by atoms with E-state index >= 15 is 0 Å². The van der Waals surface area contributed by atoms with Crippen LogP contribution in [-0.2, 0) is 4.79 Å². The van der Waals surface area contributed by atoms with Gasteiger partial charge in [-0.3, -0.25) is 4.79 Å². The molecule has 0 saturated heterocycles. The first-order chi connectivity index (χ1) is 7.11. The summed E-state index contributed by atoms with van der Waals surface area (Å²) in [5.41, 5.74) is 0. The molecule has 86 valence electrons. The summed E-state index contributed by atoms with van der Waals surface area (Å²) in [5, 5.41) is 6.50. The smallest absolute Gasteiger partial charge is 0.243 e. The molecule has 2 unspecified atom stereocenters. The third kappa shape index (κ3) is 4.47. The topological polar surface area (TPSA) is 41.1 Å². The van der Waals surface area contributed by atoms with Gasteiger partial charge in [0.25, 0.3) is 0 Å². The van der Waals surface area contributed by atoms with E-state index in [0.717, 1.165) is 12.8 Å². The van der Waals surface area contributed by atoms with Gasteiger partial charge >= 0.3 is 0 Å². The molecule has 0 aromatic heterocycles. The van der Waals surface area contributed by atoms with Gasteiger partial charge in [0.05, 0.1) is 0 Å². The Balaban J connectivity index is 2.35. The van der Waals surface area contributed by atoms with E-state index in [1.807, 2.05) is 0 Å². The fraction of sp³-hybridized carbons (Fsp3) is 0.750. The van der Waals surface area contributed by atoms with Crippen LogP contribution in [0.15, 0.2) is 12.7 Å². The largest absolute Gasteiger partial charge is 0.350 e. The summed E-state index contributed by atoms with van der Waals surface area (Å²) >= 11 is 0. The van der Waals surface area contributed by atoms with E-state index in [1.54, 1.807) is 0 Å². The Labute approximate surface area is 92.3 Å². The minimum atomic E-state index is -0.0507. The van der Waals surface area contributed by atoms with E-state index in [2.05, 4.69) is 31.1 Å². The molecule has 15 heavy (non-hydrogen) atoms. The minimum Gasteiger partial charge on any atom is -0.350 e. The van der Waals surface area contributed by atoms with Gasteiger partial charge in [-0.2, -0.15) is 0 Å². The molecule has 1 fully saturated rings. The third-order valence-electron chi connectivity index (χ3n) is 2.78. The van der Waals surface area contributed by atoms with Gasteiger partial charge in [-0.05, 0) is 31.8 Å². The summed E-state index contributed by atoms with van der Waals surface area (Å²) in [7, 11) is 0. The minimum absolute atomic E-state index is 0.0507. The van der Waals surface area contributed by atoms with Gasteiger partial charge in [-0.15, -0.1) is 0 Å². The van der Waals surface area contributed by atoms with Crippen LogP contribution < -0.4 is 10.6 Å². The molecule has 1 aliphatic rings. The van der Waals surface area contributed by atoms with Crippen LogP contribution in [0.25, 0.3) is 0 Å². The summed E-state index contributed by atoms with van der Waals surface area (Å²) in [6.07, 6.45) is 5.89. The fourth-order valence-corrected chi connectivity index (χ4v) is 2.20. The highest BCUT2D eigenvalue weighted by Gasteiger charge is 2.22. The molecule has 1 aliphatic carbocycles. The Bertz CT molecular complexity index is 226. The van der Waals surface area contributed by atoms with Gasteiger partial charge in [-0.25, -0.2) is 0 Å². The molecule has 2 N–H and O–H groups in total. The SMILES string of the molecule is C=CC(=O)NC1CCCC(NC(C)C)C1. The molecule has 1 saturated carbocycles. The first-order valence-corrected chi connectivity index (χ1v) is 5.80. The Morgan fingerprint density at radius 1 is 1.40 bits per heavy atom. The van der Waals surface area contributed by atoms with Crippen molar-refractivity contribution in [1.29, 1.82) is 0 Å². The lowest BCUT2D eigenvalue weighted by Crippen LogP contribution is -2.45. The molecule has 2 atom stereocenters. The van der Waals surface area contributed by atoms with Crippen molar-refractivity contribution in [2.75, 3.05) is 0 Å². The number of carbonyl (C=O) groups is 1. The van der Waals surface area contributed by atoms with Crippen LogP contribution >= 0.6 is 0 Å². The van der Waals surface area contributed by atoms with Crippen LogP contribution in [0.4, 0.5) is 0 Å². The van der Waals surface area contributed by atoms with Crippen LogP contribution in [-0.4, -0.2) is 24.0 Å². The number of rotatable bonds is 4. The summed E-state index contributed by atoms with van der Waals surface area (Å²) in [6.45, 7) is 7.78. The second-order valence-electron chi connectivity index (χ2n) is 4.59. The second-order valence-corrected chi connectivity index (χ2v) is 4.59. The molecule has 0 heterocycles. The highest BCUT2D eigenvalue weighted by molar-refractivity contribution is 5.87. The molecule has 0 bridgehead atoms. The predicted molar refractivity (Wildman–Crippen MR) is 62.7 cm³/mol. The van der Waals surface area contributed by atoms with Gasteiger partial charge in [0.15, 0.2) is 0 Å². The van der Waals surface area contributed by atoms with Gasteiger partial charge in [0, 0.05) is 18.1 Å². The molecule has 0 aromatic rings. The van der Waals surface area contributed by atoms with Crippen molar-refractivity contribution < 1.29 is 4.79 Å². The van der Waals surface area contributed by atoms with E-state index < -0.39 is 0 Å². The Morgan fingerprint density at radius 3 is 2.67 bits per heavy atom. The van der Waals surface area contributed by atoms with Crippen molar-refractivity contribution in [3.63, 3.8) is 0 Å². The van der Waals surface area contributed by atoms with Gasteiger partial charge in [-0.1, -0.05) is 20.4 Å². The lowest BCUT2D eigenvalue weighted by Gasteiger charge is -2.31. The second kappa shape index (κ2) is 5.91.